The lowest BCUT2D eigenvalue weighted by molar-refractivity contribution is -0.133. The summed E-state index contributed by atoms with van der Waals surface area (Å²) in [6, 6.07) is 2.97. The number of carbonyl (C=O) groups is 1. The van der Waals surface area contributed by atoms with Gasteiger partial charge in [-0.2, -0.15) is 9.78 Å². The van der Waals surface area contributed by atoms with Gasteiger partial charge in [0.2, 0.25) is 0 Å². The average molecular weight is 514 g/mol. The van der Waals surface area contributed by atoms with Gasteiger partial charge in [0, 0.05) is 12.0 Å². The van der Waals surface area contributed by atoms with Crippen molar-refractivity contribution in [2.75, 3.05) is 0 Å². The Morgan fingerprint density at radius 2 is 1.84 bits per heavy atom. The topological polar surface area (TPSA) is 77.1 Å². The molecule has 4 saturated carbocycles. The lowest BCUT2D eigenvalue weighted by Gasteiger charge is -2.56. The molecule has 0 radical (unpaired) electrons. The zero-order valence-corrected chi connectivity index (χ0v) is 21.7. The molecule has 6 rings (SSSR count). The Balaban J connectivity index is 1.18. The first kappa shape index (κ1) is 25.0. The summed E-state index contributed by atoms with van der Waals surface area (Å²) in [5.74, 6) is 1.55. The van der Waals surface area contributed by atoms with E-state index in [0.717, 1.165) is 55.7 Å². The number of benzene rings is 1. The Bertz CT molecular complexity index is 1270. The molecule has 0 bridgehead atoms. The van der Waals surface area contributed by atoms with Crippen LogP contribution in [0, 0.1) is 52.6 Å². The smallest absolute Gasteiger partial charge is 0.351 e. The van der Waals surface area contributed by atoms with Crippen LogP contribution in [0.5, 0.6) is 0 Å². The van der Waals surface area contributed by atoms with E-state index in [1.54, 1.807) is 0 Å². The van der Waals surface area contributed by atoms with Crippen molar-refractivity contribution in [2.24, 2.45) is 40.9 Å². The number of Topliss-reactive ketones (excluding diaryl/α,β-unsaturated/α-hetero) is 1. The number of hydrogen-bond donors (Lipinski definition) is 1. The number of aliphatic hydroxyl groups is 1. The van der Waals surface area contributed by atoms with E-state index < -0.39 is 22.9 Å². The van der Waals surface area contributed by atoms with Gasteiger partial charge in [-0.15, -0.1) is 0 Å². The van der Waals surface area contributed by atoms with E-state index in [-0.39, 0.29) is 29.3 Å². The fourth-order valence-corrected chi connectivity index (χ4v) is 9.15. The fourth-order valence-electron chi connectivity index (χ4n) is 9.15. The van der Waals surface area contributed by atoms with Gasteiger partial charge < -0.3 is 5.11 Å². The summed E-state index contributed by atoms with van der Waals surface area (Å²) >= 11 is 0. The third kappa shape index (κ3) is 4.10. The van der Waals surface area contributed by atoms with E-state index >= 15 is 0 Å². The third-order valence-corrected chi connectivity index (χ3v) is 10.8. The van der Waals surface area contributed by atoms with E-state index in [9.17, 15) is 23.5 Å². The number of halogens is 2. The molecule has 1 aromatic carbocycles. The van der Waals surface area contributed by atoms with Crippen LogP contribution < -0.4 is 5.69 Å². The standard InChI is InChI=1S/C29H37F2N3O3/c1-28(37)11-9-19-17(14-28)3-5-21-20(19)10-12-29(2)22(21)6-7-23(29)26(35)15-33-16-32-34(27(33)36)25-8-4-18(30)13-24(25)31/h4,8,13,16-17,19-23,37H,3,5-7,9-12,14-15H2,1-2H3/t17-,19+,20-,21-,22+,23-,28-,29+/m1/s1. The second-order valence-electron chi connectivity index (χ2n) is 12.9. The molecule has 0 spiro atoms. The number of hydrogen-bond acceptors (Lipinski definition) is 4. The highest BCUT2D eigenvalue weighted by Crippen LogP contribution is 2.64. The maximum Gasteiger partial charge on any atom is 0.351 e. The van der Waals surface area contributed by atoms with Gasteiger partial charge in [0.05, 0.1) is 12.1 Å². The van der Waals surface area contributed by atoms with E-state index in [1.165, 1.54) is 29.8 Å². The number of rotatable bonds is 4. The molecule has 1 N–H and O–H groups in total. The molecule has 4 aliphatic rings. The summed E-state index contributed by atoms with van der Waals surface area (Å²) < 4.78 is 29.6. The van der Waals surface area contributed by atoms with Crippen LogP contribution in [0.1, 0.15) is 71.6 Å². The summed E-state index contributed by atoms with van der Waals surface area (Å²) in [7, 11) is 0. The first-order valence-electron chi connectivity index (χ1n) is 13.9. The second-order valence-corrected chi connectivity index (χ2v) is 12.9. The molecule has 8 heteroatoms. The maximum atomic E-state index is 14.2. The summed E-state index contributed by atoms with van der Waals surface area (Å²) in [4.78, 5) is 26.5. The van der Waals surface area contributed by atoms with Crippen molar-refractivity contribution in [3.8, 4) is 5.69 Å². The molecule has 0 unspecified atom stereocenters. The van der Waals surface area contributed by atoms with Gasteiger partial charge in [0.15, 0.2) is 11.6 Å². The van der Waals surface area contributed by atoms with E-state index in [4.69, 9.17) is 0 Å². The van der Waals surface area contributed by atoms with Crippen molar-refractivity contribution < 1.29 is 18.7 Å². The Morgan fingerprint density at radius 3 is 2.62 bits per heavy atom. The molecule has 8 atom stereocenters. The monoisotopic (exact) mass is 513 g/mol. The lowest BCUT2D eigenvalue weighted by atomic mass is 9.49. The third-order valence-electron chi connectivity index (χ3n) is 10.8. The molecule has 4 fully saturated rings. The van der Waals surface area contributed by atoms with Gasteiger partial charge in [0.25, 0.3) is 0 Å². The molecular weight excluding hydrogens is 476 g/mol. The highest BCUT2D eigenvalue weighted by atomic mass is 19.1. The molecule has 1 heterocycles. The molecule has 0 saturated heterocycles. The highest BCUT2D eigenvalue weighted by molar-refractivity contribution is 5.82. The molecule has 4 aliphatic carbocycles. The van der Waals surface area contributed by atoms with Crippen molar-refractivity contribution in [1.29, 1.82) is 0 Å². The minimum absolute atomic E-state index is 0.0482. The highest BCUT2D eigenvalue weighted by Gasteiger charge is 2.58. The van der Waals surface area contributed by atoms with Gasteiger partial charge in [0.1, 0.15) is 17.8 Å². The number of fused-ring (bicyclic) bond motifs is 5. The Labute approximate surface area is 216 Å². The van der Waals surface area contributed by atoms with Gasteiger partial charge in [-0.3, -0.25) is 9.36 Å². The SMILES string of the molecule is C[C@@]1(O)CC[C@H]2[C@H](CC[C@@H]3[C@@H]2CC[C@]2(C)[C@@H](C(=O)Cn4cnn(-c5ccc(F)cc5F)c4=O)CC[C@@H]32)C1. The van der Waals surface area contributed by atoms with Gasteiger partial charge >= 0.3 is 5.69 Å². The Morgan fingerprint density at radius 1 is 1.05 bits per heavy atom. The predicted molar refractivity (Wildman–Crippen MR) is 134 cm³/mol. The first-order valence-corrected chi connectivity index (χ1v) is 13.9. The van der Waals surface area contributed by atoms with Gasteiger partial charge in [-0.25, -0.2) is 13.6 Å². The molecule has 2 aromatic rings. The van der Waals surface area contributed by atoms with Crippen molar-refractivity contribution in [3.05, 3.63) is 46.6 Å². The average Bonchev–Trinajstić information content (AvgIpc) is 3.38. The Hall–Kier alpha value is -2.35. The quantitative estimate of drug-likeness (QED) is 0.631. The molecule has 0 amide bonds. The molecule has 1 aromatic heterocycles. The zero-order valence-electron chi connectivity index (χ0n) is 21.7. The summed E-state index contributed by atoms with van der Waals surface area (Å²) in [5.41, 5.74) is -1.32. The molecular formula is C29H37F2N3O3. The second kappa shape index (κ2) is 8.85. The van der Waals surface area contributed by atoms with Crippen LogP contribution in [0.4, 0.5) is 8.78 Å². The van der Waals surface area contributed by atoms with Crippen molar-refractivity contribution in [2.45, 2.75) is 83.8 Å². The number of ketones is 1. The maximum absolute atomic E-state index is 14.2. The lowest BCUT2D eigenvalue weighted by Crippen LogP contribution is -2.51. The normalized spacial score (nSPS) is 39.1. The number of carbonyl (C=O) groups excluding carboxylic acids is 1. The zero-order chi connectivity index (χ0) is 26.1. The largest absolute Gasteiger partial charge is 0.390 e. The van der Waals surface area contributed by atoms with Gasteiger partial charge in [-0.1, -0.05) is 6.92 Å². The summed E-state index contributed by atoms with van der Waals surface area (Å²) in [6.45, 7) is 4.20. The van der Waals surface area contributed by atoms with E-state index in [1.807, 2.05) is 6.92 Å². The minimum Gasteiger partial charge on any atom is -0.390 e. The predicted octanol–water partition coefficient (Wildman–Crippen LogP) is 4.90. The molecule has 6 nitrogen and oxygen atoms in total. The number of aromatic nitrogens is 3. The summed E-state index contributed by atoms with van der Waals surface area (Å²) in [6.07, 6.45) is 10.7. The van der Waals surface area contributed by atoms with Crippen LogP contribution in [0.15, 0.2) is 29.3 Å². The minimum atomic E-state index is -0.877. The summed E-state index contributed by atoms with van der Waals surface area (Å²) in [5, 5.41) is 14.6. The van der Waals surface area contributed by atoms with Gasteiger partial charge in [-0.05, 0) is 112 Å². The number of nitrogens with zero attached hydrogens (tertiary/aromatic N) is 3. The van der Waals surface area contributed by atoms with E-state index in [2.05, 4.69) is 12.0 Å². The van der Waals surface area contributed by atoms with Crippen LogP contribution >= 0.6 is 0 Å². The first-order chi connectivity index (χ1) is 17.6. The molecule has 37 heavy (non-hydrogen) atoms. The van der Waals surface area contributed by atoms with Crippen LogP contribution in [0.2, 0.25) is 0 Å². The van der Waals surface area contributed by atoms with Crippen molar-refractivity contribution in [1.82, 2.24) is 14.3 Å². The van der Waals surface area contributed by atoms with Crippen molar-refractivity contribution in [3.63, 3.8) is 0 Å². The van der Waals surface area contributed by atoms with Crippen LogP contribution in [0.25, 0.3) is 5.69 Å². The molecule has 200 valence electrons. The van der Waals surface area contributed by atoms with Crippen LogP contribution in [-0.4, -0.2) is 30.8 Å². The fraction of sp³-hybridized carbons (Fsp3) is 0.690. The van der Waals surface area contributed by atoms with E-state index in [0.29, 0.717) is 35.7 Å². The van der Waals surface area contributed by atoms with Crippen LogP contribution in [-0.2, 0) is 11.3 Å². The Kier molecular flexibility index (Phi) is 5.97. The molecule has 0 aliphatic heterocycles. The van der Waals surface area contributed by atoms with Crippen molar-refractivity contribution >= 4 is 5.78 Å². The van der Waals surface area contributed by atoms with Crippen LogP contribution in [0.3, 0.4) is 0 Å².